The van der Waals surface area contributed by atoms with Gasteiger partial charge in [-0.1, -0.05) is 11.6 Å². The number of hydrogen-bond acceptors (Lipinski definition) is 4. The number of hydrogen-bond donors (Lipinski definition) is 1. The Hall–Kier alpha value is -2.42. The van der Waals surface area contributed by atoms with Gasteiger partial charge in [0.15, 0.2) is 0 Å². The van der Waals surface area contributed by atoms with Crippen molar-refractivity contribution < 1.29 is 18.5 Å². The van der Waals surface area contributed by atoms with E-state index in [2.05, 4.69) is 5.32 Å². The van der Waals surface area contributed by atoms with E-state index in [1.807, 2.05) is 57.3 Å². The third kappa shape index (κ3) is 4.52. The molecule has 1 aliphatic heterocycles. The maximum absolute atomic E-state index is 13.8. The van der Waals surface area contributed by atoms with Gasteiger partial charge in [-0.05, 0) is 70.4 Å². The lowest BCUT2D eigenvalue weighted by atomic mass is 9.80. The van der Waals surface area contributed by atoms with Crippen LogP contribution in [-0.2, 0) is 20.5 Å². The average molecular weight is 472 g/mol. The topological polar surface area (TPSA) is 64.9 Å². The third-order valence-corrected chi connectivity index (χ3v) is 6.71. The molecule has 33 heavy (non-hydrogen) atoms. The summed E-state index contributed by atoms with van der Waals surface area (Å²) in [5, 5.41) is 2.94. The summed E-state index contributed by atoms with van der Waals surface area (Å²) in [4.78, 5) is 16.4. The highest BCUT2D eigenvalue weighted by Gasteiger charge is 2.51. The molecule has 1 atom stereocenters. The first kappa shape index (κ1) is 23.7. The standard InChI is InChI=1S/C24H28BClFN3O3/c1-14(28-15(2)31)11-20-22(16-7-8-19(27)18(26)12-16)29-21-13-17(9-10-30(20)21)25-32-23(3,4)24(5,6)33-25/h7-10,12-14H,11H2,1-6H3,(H,28,31). The number of fused-ring (bicyclic) bond motifs is 1. The van der Waals surface area contributed by atoms with Crippen molar-refractivity contribution in [2.45, 2.75) is 65.2 Å². The van der Waals surface area contributed by atoms with Gasteiger partial charge in [-0.25, -0.2) is 9.37 Å². The van der Waals surface area contributed by atoms with Crippen molar-refractivity contribution in [3.05, 3.63) is 53.1 Å². The molecule has 1 N–H and O–H groups in total. The van der Waals surface area contributed by atoms with Crippen LogP contribution in [0.3, 0.4) is 0 Å². The SMILES string of the molecule is CC(=O)NC(C)Cc1c(-c2ccc(F)c(Cl)c2)nc2cc(B3OC(C)(C)C(C)(C)O3)ccn12. The molecule has 9 heteroatoms. The van der Waals surface area contributed by atoms with E-state index in [1.165, 1.54) is 13.0 Å². The largest absolute Gasteiger partial charge is 0.495 e. The molecule has 0 aliphatic carbocycles. The number of aromatic nitrogens is 2. The Morgan fingerprint density at radius 2 is 1.88 bits per heavy atom. The van der Waals surface area contributed by atoms with Crippen LogP contribution in [0, 0.1) is 5.82 Å². The van der Waals surface area contributed by atoms with Gasteiger partial charge in [-0.15, -0.1) is 0 Å². The summed E-state index contributed by atoms with van der Waals surface area (Å²) in [5.41, 5.74) is 2.92. The summed E-state index contributed by atoms with van der Waals surface area (Å²) in [7, 11) is -0.512. The van der Waals surface area contributed by atoms with E-state index in [4.69, 9.17) is 25.9 Å². The maximum Gasteiger partial charge on any atom is 0.495 e. The number of imidazole rings is 1. The van der Waals surface area contributed by atoms with Crippen LogP contribution >= 0.6 is 11.6 Å². The molecule has 1 aromatic carbocycles. The van der Waals surface area contributed by atoms with Gasteiger partial charge in [0, 0.05) is 31.1 Å². The minimum Gasteiger partial charge on any atom is -0.399 e. The highest BCUT2D eigenvalue weighted by atomic mass is 35.5. The number of rotatable bonds is 5. The van der Waals surface area contributed by atoms with Crippen LogP contribution in [0.2, 0.25) is 5.02 Å². The molecule has 1 amide bonds. The van der Waals surface area contributed by atoms with Crippen LogP contribution in [0.1, 0.15) is 47.2 Å². The Balaban J connectivity index is 1.79. The van der Waals surface area contributed by atoms with Gasteiger partial charge in [0.25, 0.3) is 0 Å². The first-order valence-electron chi connectivity index (χ1n) is 11.0. The third-order valence-electron chi connectivity index (χ3n) is 6.42. The normalized spacial score (nSPS) is 18.0. The molecule has 3 heterocycles. The summed E-state index contributed by atoms with van der Waals surface area (Å²) >= 11 is 6.05. The molecule has 1 aliphatic rings. The molecule has 0 spiro atoms. The zero-order chi connectivity index (χ0) is 24.1. The number of nitrogens with one attached hydrogen (secondary N) is 1. The van der Waals surface area contributed by atoms with Crippen molar-refractivity contribution in [3.8, 4) is 11.3 Å². The highest BCUT2D eigenvalue weighted by Crippen LogP contribution is 2.36. The molecular weight excluding hydrogens is 444 g/mol. The molecule has 3 aromatic rings. The number of carbonyl (C=O) groups excluding carboxylic acids is 1. The van der Waals surface area contributed by atoms with Crippen molar-refractivity contribution in [2.24, 2.45) is 0 Å². The second-order valence-electron chi connectivity index (χ2n) is 9.62. The van der Waals surface area contributed by atoms with Gasteiger partial charge >= 0.3 is 7.12 Å². The lowest BCUT2D eigenvalue weighted by Crippen LogP contribution is -2.41. The fraction of sp³-hybridized carbons (Fsp3) is 0.417. The number of carbonyl (C=O) groups is 1. The fourth-order valence-electron chi connectivity index (χ4n) is 3.99. The zero-order valence-corrected chi connectivity index (χ0v) is 20.5. The second kappa shape index (κ2) is 8.42. The van der Waals surface area contributed by atoms with Crippen LogP contribution in [-0.4, -0.2) is 39.7 Å². The van der Waals surface area contributed by atoms with Crippen molar-refractivity contribution in [1.82, 2.24) is 14.7 Å². The van der Waals surface area contributed by atoms with Gasteiger partial charge in [-0.3, -0.25) is 4.79 Å². The van der Waals surface area contributed by atoms with Crippen molar-refractivity contribution in [3.63, 3.8) is 0 Å². The van der Waals surface area contributed by atoms with Crippen LogP contribution in [0.4, 0.5) is 4.39 Å². The fourth-order valence-corrected chi connectivity index (χ4v) is 4.18. The van der Waals surface area contributed by atoms with Crippen LogP contribution in [0.5, 0.6) is 0 Å². The summed E-state index contributed by atoms with van der Waals surface area (Å²) in [6.45, 7) is 11.5. The van der Waals surface area contributed by atoms with Gasteiger partial charge in [0.1, 0.15) is 11.5 Å². The molecule has 1 fully saturated rings. The highest BCUT2D eigenvalue weighted by molar-refractivity contribution is 6.62. The van der Waals surface area contributed by atoms with E-state index in [0.717, 1.165) is 11.2 Å². The lowest BCUT2D eigenvalue weighted by molar-refractivity contribution is -0.119. The predicted octanol–water partition coefficient (Wildman–Crippen LogP) is 4.16. The molecule has 0 saturated carbocycles. The molecule has 2 aromatic heterocycles. The first-order valence-corrected chi connectivity index (χ1v) is 11.3. The second-order valence-corrected chi connectivity index (χ2v) is 10.0. The smallest absolute Gasteiger partial charge is 0.399 e. The number of nitrogens with zero attached hydrogens (tertiary/aromatic N) is 2. The Morgan fingerprint density at radius 1 is 1.21 bits per heavy atom. The van der Waals surface area contributed by atoms with E-state index in [0.29, 0.717) is 23.3 Å². The lowest BCUT2D eigenvalue weighted by Gasteiger charge is -2.32. The quantitative estimate of drug-likeness (QED) is 0.568. The maximum atomic E-state index is 13.8. The van der Waals surface area contributed by atoms with Gasteiger partial charge in [0.05, 0.1) is 27.6 Å². The van der Waals surface area contributed by atoms with E-state index in [1.54, 1.807) is 12.1 Å². The molecular formula is C24H28BClFN3O3. The first-order chi connectivity index (χ1) is 15.4. The molecule has 6 nitrogen and oxygen atoms in total. The van der Waals surface area contributed by atoms with E-state index >= 15 is 0 Å². The minimum atomic E-state index is -0.512. The average Bonchev–Trinajstić information content (AvgIpc) is 3.16. The van der Waals surface area contributed by atoms with Gasteiger partial charge < -0.3 is 19.0 Å². The summed E-state index contributed by atoms with van der Waals surface area (Å²) < 4.78 is 28.1. The van der Waals surface area contributed by atoms with E-state index < -0.39 is 24.1 Å². The van der Waals surface area contributed by atoms with E-state index in [-0.39, 0.29) is 17.0 Å². The van der Waals surface area contributed by atoms with Gasteiger partial charge in [-0.2, -0.15) is 0 Å². The summed E-state index contributed by atoms with van der Waals surface area (Å²) in [6, 6.07) is 8.32. The number of amides is 1. The predicted molar refractivity (Wildman–Crippen MR) is 128 cm³/mol. The summed E-state index contributed by atoms with van der Waals surface area (Å²) in [6.07, 6.45) is 2.45. The molecule has 0 bridgehead atoms. The monoisotopic (exact) mass is 471 g/mol. The minimum absolute atomic E-state index is 0.0309. The molecule has 174 valence electrons. The zero-order valence-electron chi connectivity index (χ0n) is 19.7. The molecule has 1 saturated heterocycles. The number of pyridine rings is 1. The Morgan fingerprint density at radius 3 is 2.48 bits per heavy atom. The molecule has 1 unspecified atom stereocenters. The number of benzene rings is 1. The van der Waals surface area contributed by atoms with Gasteiger partial charge in [0.2, 0.25) is 5.91 Å². The number of halogens is 2. The van der Waals surface area contributed by atoms with Crippen LogP contribution in [0.15, 0.2) is 36.5 Å². The van der Waals surface area contributed by atoms with Crippen LogP contribution < -0.4 is 10.8 Å². The van der Waals surface area contributed by atoms with Crippen LogP contribution in [0.25, 0.3) is 16.9 Å². The van der Waals surface area contributed by atoms with Crippen molar-refractivity contribution >= 4 is 35.7 Å². The van der Waals surface area contributed by atoms with E-state index in [9.17, 15) is 9.18 Å². The Kier molecular flexibility index (Phi) is 6.05. The Labute approximate surface area is 198 Å². The summed E-state index contributed by atoms with van der Waals surface area (Å²) in [5.74, 6) is -0.592. The van der Waals surface area contributed by atoms with Crippen molar-refractivity contribution in [2.75, 3.05) is 0 Å². The molecule has 0 radical (unpaired) electrons. The molecule has 4 rings (SSSR count). The van der Waals surface area contributed by atoms with Crippen molar-refractivity contribution in [1.29, 1.82) is 0 Å². The Bertz CT molecular complexity index is 1210.